The lowest BCUT2D eigenvalue weighted by Crippen LogP contribution is -2.42. The first kappa shape index (κ1) is 20.3. The number of rotatable bonds is 6. The summed E-state index contributed by atoms with van der Waals surface area (Å²) in [5, 5.41) is 2.90. The molecule has 2 amide bonds. The van der Waals surface area contributed by atoms with E-state index in [1.807, 2.05) is 31.2 Å². The summed E-state index contributed by atoms with van der Waals surface area (Å²) in [6.07, 6.45) is 1.51. The highest BCUT2D eigenvalue weighted by molar-refractivity contribution is 8.00. The molecule has 0 spiro atoms. The largest absolute Gasteiger partial charge is 0.339 e. The number of aryl methyl sites for hydroxylation is 1. The molecule has 2 aromatic carbocycles. The summed E-state index contributed by atoms with van der Waals surface area (Å²) in [4.78, 5) is 29.6. The van der Waals surface area contributed by atoms with Gasteiger partial charge in [-0.15, -0.1) is 11.8 Å². The Morgan fingerprint density at radius 3 is 2.59 bits per heavy atom. The van der Waals surface area contributed by atoms with E-state index in [1.54, 1.807) is 24.3 Å². The van der Waals surface area contributed by atoms with Crippen molar-refractivity contribution in [2.45, 2.75) is 11.8 Å². The van der Waals surface area contributed by atoms with Crippen LogP contribution in [0.5, 0.6) is 0 Å². The molecule has 0 aliphatic heterocycles. The Labute approximate surface area is 171 Å². The second-order valence-corrected chi connectivity index (χ2v) is 7.19. The smallest absolute Gasteiger partial charge is 0.273 e. The molecule has 0 radical (unpaired) electrons. The maximum Gasteiger partial charge on any atom is 0.273 e. The Morgan fingerprint density at radius 2 is 1.83 bits per heavy atom. The van der Waals surface area contributed by atoms with Gasteiger partial charge in [0, 0.05) is 16.8 Å². The van der Waals surface area contributed by atoms with Gasteiger partial charge >= 0.3 is 0 Å². The van der Waals surface area contributed by atoms with E-state index in [2.05, 4.69) is 21.2 Å². The quantitative estimate of drug-likeness (QED) is 0.425. The molecule has 1 aromatic heterocycles. The van der Waals surface area contributed by atoms with Crippen molar-refractivity contribution < 1.29 is 14.0 Å². The van der Waals surface area contributed by atoms with Crippen molar-refractivity contribution in [1.29, 1.82) is 0 Å². The fourth-order valence-corrected chi connectivity index (χ4v) is 3.10. The molecule has 0 saturated carbocycles. The van der Waals surface area contributed by atoms with Crippen LogP contribution in [0.4, 0.5) is 15.9 Å². The lowest BCUT2D eigenvalue weighted by atomic mass is 10.2. The van der Waals surface area contributed by atoms with E-state index in [1.165, 1.54) is 30.1 Å². The van der Waals surface area contributed by atoms with Crippen molar-refractivity contribution in [2.24, 2.45) is 0 Å². The summed E-state index contributed by atoms with van der Waals surface area (Å²) < 4.78 is 13.4. The zero-order valence-corrected chi connectivity index (χ0v) is 16.4. The number of thioether (sulfide) groups is 1. The lowest BCUT2D eigenvalue weighted by Gasteiger charge is -2.12. The zero-order chi connectivity index (χ0) is 20.6. The molecule has 29 heavy (non-hydrogen) atoms. The number of pyridine rings is 1. The van der Waals surface area contributed by atoms with Gasteiger partial charge in [-0.2, -0.15) is 0 Å². The van der Waals surface area contributed by atoms with Gasteiger partial charge in [-0.3, -0.25) is 20.4 Å². The van der Waals surface area contributed by atoms with Gasteiger partial charge in [0.15, 0.2) is 0 Å². The maximum absolute atomic E-state index is 13.4. The average Bonchev–Trinajstić information content (AvgIpc) is 2.72. The minimum absolute atomic E-state index is 0.158. The molecular weight excluding hydrogens is 391 g/mol. The average molecular weight is 410 g/mol. The van der Waals surface area contributed by atoms with Crippen LogP contribution in [0.3, 0.4) is 0 Å². The number of benzene rings is 2. The summed E-state index contributed by atoms with van der Waals surface area (Å²) in [5.74, 6) is -0.877. The summed E-state index contributed by atoms with van der Waals surface area (Å²) in [5.41, 5.74) is 6.57. The Balaban J connectivity index is 1.56. The summed E-state index contributed by atoms with van der Waals surface area (Å²) in [6, 6.07) is 16.8. The number of halogens is 1. The fraction of sp³-hybridized carbons (Fsp3) is 0.0952. The third kappa shape index (κ3) is 6.05. The number of hydrogen-bond acceptors (Lipinski definition) is 5. The van der Waals surface area contributed by atoms with Crippen LogP contribution in [0, 0.1) is 12.7 Å². The van der Waals surface area contributed by atoms with E-state index in [4.69, 9.17) is 0 Å². The van der Waals surface area contributed by atoms with Crippen LogP contribution in [0.25, 0.3) is 0 Å². The molecule has 0 aliphatic carbocycles. The Bertz CT molecular complexity index is 1010. The van der Waals surface area contributed by atoms with Crippen LogP contribution in [0.15, 0.2) is 71.8 Å². The number of carbonyl (C=O) groups is 2. The molecule has 8 heteroatoms. The first-order chi connectivity index (χ1) is 14.0. The monoisotopic (exact) mass is 410 g/mol. The molecule has 0 unspecified atom stereocenters. The van der Waals surface area contributed by atoms with E-state index < -0.39 is 11.7 Å². The Kier molecular flexibility index (Phi) is 6.80. The predicted octanol–water partition coefficient (Wildman–Crippen LogP) is 3.83. The lowest BCUT2D eigenvalue weighted by molar-refractivity contribution is -0.119. The highest BCUT2D eigenvalue weighted by Crippen LogP contribution is 2.19. The van der Waals surface area contributed by atoms with Crippen molar-refractivity contribution in [2.75, 3.05) is 11.1 Å². The molecular formula is C21H19FN4O2S. The van der Waals surface area contributed by atoms with Gasteiger partial charge in [0.25, 0.3) is 5.91 Å². The van der Waals surface area contributed by atoms with Crippen LogP contribution >= 0.6 is 11.8 Å². The molecule has 0 fully saturated rings. The Hall–Kier alpha value is -3.39. The summed E-state index contributed by atoms with van der Waals surface area (Å²) >= 11 is 1.37. The van der Waals surface area contributed by atoms with Gasteiger partial charge in [-0.05, 0) is 49.4 Å². The summed E-state index contributed by atoms with van der Waals surface area (Å²) in [6.45, 7) is 1.99. The highest BCUT2D eigenvalue weighted by atomic mass is 32.2. The van der Waals surface area contributed by atoms with Gasteiger partial charge in [0.05, 0.1) is 11.3 Å². The van der Waals surface area contributed by atoms with Gasteiger partial charge in [-0.25, -0.2) is 9.37 Å². The zero-order valence-electron chi connectivity index (χ0n) is 15.6. The number of carbonyl (C=O) groups excluding carboxylic acids is 2. The van der Waals surface area contributed by atoms with Crippen molar-refractivity contribution in [3.8, 4) is 0 Å². The van der Waals surface area contributed by atoms with Crippen LogP contribution in [0.2, 0.25) is 0 Å². The fourth-order valence-electron chi connectivity index (χ4n) is 2.40. The number of amides is 2. The standard InChI is InChI=1S/C21H19FN4O2S/c1-14-7-9-17(10-8-14)29-13-19(27)25-26-21(28)18-6-3-11-23-20(18)24-16-5-2-4-15(22)12-16/h2-12H,13H2,1H3,(H,23,24)(H,25,27)(H,26,28). The number of hydrogen-bond donors (Lipinski definition) is 3. The number of nitrogens with zero attached hydrogens (tertiary/aromatic N) is 1. The van der Waals surface area contributed by atoms with Crippen molar-refractivity contribution in [1.82, 2.24) is 15.8 Å². The van der Waals surface area contributed by atoms with E-state index in [0.29, 0.717) is 5.69 Å². The first-order valence-corrected chi connectivity index (χ1v) is 9.76. The molecule has 0 saturated heterocycles. The van der Waals surface area contributed by atoms with Gasteiger partial charge in [0.1, 0.15) is 11.6 Å². The second-order valence-electron chi connectivity index (χ2n) is 6.14. The minimum Gasteiger partial charge on any atom is -0.339 e. The number of nitrogens with one attached hydrogen (secondary N) is 3. The van der Waals surface area contributed by atoms with Crippen LogP contribution in [-0.2, 0) is 4.79 Å². The highest BCUT2D eigenvalue weighted by Gasteiger charge is 2.14. The number of hydrazine groups is 1. The molecule has 3 rings (SSSR count). The molecule has 1 heterocycles. The van der Waals surface area contributed by atoms with Crippen LogP contribution in [0.1, 0.15) is 15.9 Å². The molecule has 3 aromatic rings. The SMILES string of the molecule is Cc1ccc(SCC(=O)NNC(=O)c2cccnc2Nc2cccc(F)c2)cc1. The molecule has 0 bridgehead atoms. The molecule has 148 valence electrons. The van der Waals surface area contributed by atoms with Crippen molar-refractivity contribution >= 4 is 35.1 Å². The van der Waals surface area contributed by atoms with Crippen molar-refractivity contribution in [3.05, 3.63) is 83.8 Å². The number of aromatic nitrogens is 1. The molecule has 3 N–H and O–H groups in total. The van der Waals surface area contributed by atoms with Crippen LogP contribution in [-0.4, -0.2) is 22.6 Å². The normalized spacial score (nSPS) is 10.3. The van der Waals surface area contributed by atoms with E-state index in [0.717, 1.165) is 10.5 Å². The molecule has 6 nitrogen and oxygen atoms in total. The maximum atomic E-state index is 13.4. The van der Waals surface area contributed by atoms with Gasteiger partial charge < -0.3 is 5.32 Å². The molecule has 0 atom stereocenters. The topological polar surface area (TPSA) is 83.1 Å². The third-order valence-corrected chi connectivity index (χ3v) is 4.86. The number of anilines is 2. The van der Waals surface area contributed by atoms with Gasteiger partial charge in [-0.1, -0.05) is 23.8 Å². The second kappa shape index (κ2) is 9.70. The van der Waals surface area contributed by atoms with E-state index in [9.17, 15) is 14.0 Å². The van der Waals surface area contributed by atoms with Gasteiger partial charge in [0.2, 0.25) is 5.91 Å². The van der Waals surface area contributed by atoms with E-state index >= 15 is 0 Å². The third-order valence-electron chi connectivity index (χ3n) is 3.85. The Morgan fingerprint density at radius 1 is 1.03 bits per heavy atom. The summed E-state index contributed by atoms with van der Waals surface area (Å²) in [7, 11) is 0. The minimum atomic E-state index is -0.536. The molecule has 0 aliphatic rings. The predicted molar refractivity (Wildman–Crippen MR) is 111 cm³/mol. The first-order valence-electron chi connectivity index (χ1n) is 8.77. The van der Waals surface area contributed by atoms with Crippen molar-refractivity contribution in [3.63, 3.8) is 0 Å². The van der Waals surface area contributed by atoms with Crippen LogP contribution < -0.4 is 16.2 Å². The van der Waals surface area contributed by atoms with E-state index in [-0.39, 0.29) is 23.0 Å².